The summed E-state index contributed by atoms with van der Waals surface area (Å²) in [5.74, 6) is -0.653. The third-order valence-electron chi connectivity index (χ3n) is 2.52. The van der Waals surface area contributed by atoms with Crippen molar-refractivity contribution in [3.8, 4) is 0 Å². The van der Waals surface area contributed by atoms with Crippen molar-refractivity contribution in [3.05, 3.63) is 29.6 Å². The molecule has 0 amide bonds. The Hall–Kier alpha value is -1.27. The summed E-state index contributed by atoms with van der Waals surface area (Å²) in [6, 6.07) is 3.99. The van der Waals surface area contributed by atoms with Crippen LogP contribution in [0, 0.1) is 5.82 Å². The second kappa shape index (κ2) is 6.61. The molecule has 0 bridgehead atoms. The molecule has 0 saturated heterocycles. The molecule has 0 aliphatic rings. The van der Waals surface area contributed by atoms with Crippen LogP contribution in [0.15, 0.2) is 18.2 Å². The van der Waals surface area contributed by atoms with E-state index in [-0.39, 0.29) is 24.4 Å². The first kappa shape index (κ1) is 14.8. The highest BCUT2D eigenvalue weighted by Crippen LogP contribution is 2.29. The summed E-state index contributed by atoms with van der Waals surface area (Å²) in [6.45, 7) is 0.362. The number of aliphatic hydroxyl groups is 2. The van der Waals surface area contributed by atoms with Gasteiger partial charge < -0.3 is 15.1 Å². The SMILES string of the molecule is C[C@@H](O)c1c(F)cccc1N(CCO)CC(F)F. The van der Waals surface area contributed by atoms with Gasteiger partial charge in [-0.15, -0.1) is 0 Å². The second-order valence-electron chi connectivity index (χ2n) is 3.91. The van der Waals surface area contributed by atoms with E-state index in [1.165, 1.54) is 19.1 Å². The first-order chi connectivity index (χ1) is 8.47. The van der Waals surface area contributed by atoms with Crippen molar-refractivity contribution in [1.29, 1.82) is 0 Å². The number of aliphatic hydroxyl groups excluding tert-OH is 2. The highest BCUT2D eigenvalue weighted by Gasteiger charge is 2.20. The van der Waals surface area contributed by atoms with Crippen LogP contribution in [0.3, 0.4) is 0 Å². The average molecular weight is 263 g/mol. The molecule has 0 aliphatic carbocycles. The zero-order chi connectivity index (χ0) is 13.7. The molecule has 0 saturated carbocycles. The molecule has 0 fully saturated rings. The fourth-order valence-corrected chi connectivity index (χ4v) is 1.81. The van der Waals surface area contributed by atoms with Gasteiger partial charge in [0.1, 0.15) is 5.82 Å². The van der Waals surface area contributed by atoms with Crippen molar-refractivity contribution in [2.45, 2.75) is 19.5 Å². The largest absolute Gasteiger partial charge is 0.395 e. The molecule has 2 N–H and O–H groups in total. The van der Waals surface area contributed by atoms with E-state index in [0.717, 1.165) is 11.0 Å². The highest BCUT2D eigenvalue weighted by molar-refractivity contribution is 5.55. The Bertz CT molecular complexity index is 386. The van der Waals surface area contributed by atoms with Crippen LogP contribution < -0.4 is 4.90 Å². The summed E-state index contributed by atoms with van der Waals surface area (Å²) in [6.07, 6.45) is -3.72. The number of hydrogen-bond donors (Lipinski definition) is 2. The molecule has 1 atom stereocenters. The third-order valence-corrected chi connectivity index (χ3v) is 2.52. The monoisotopic (exact) mass is 263 g/mol. The summed E-state index contributed by atoms with van der Waals surface area (Å²) in [4.78, 5) is 1.16. The number of rotatable bonds is 6. The van der Waals surface area contributed by atoms with Crippen molar-refractivity contribution in [2.24, 2.45) is 0 Å². The van der Waals surface area contributed by atoms with E-state index in [1.807, 2.05) is 0 Å². The van der Waals surface area contributed by atoms with Gasteiger partial charge in [0, 0.05) is 17.8 Å². The van der Waals surface area contributed by atoms with Gasteiger partial charge in [-0.25, -0.2) is 13.2 Å². The lowest BCUT2D eigenvalue weighted by molar-refractivity contribution is 0.152. The first-order valence-electron chi connectivity index (χ1n) is 5.57. The Kier molecular flexibility index (Phi) is 5.43. The molecule has 102 valence electrons. The highest BCUT2D eigenvalue weighted by atomic mass is 19.3. The van der Waals surface area contributed by atoms with Crippen molar-refractivity contribution < 1.29 is 23.4 Å². The number of nitrogens with zero attached hydrogens (tertiary/aromatic N) is 1. The van der Waals surface area contributed by atoms with E-state index < -0.39 is 24.9 Å². The van der Waals surface area contributed by atoms with Gasteiger partial charge in [-0.05, 0) is 19.1 Å². The lowest BCUT2D eigenvalue weighted by Crippen LogP contribution is -2.32. The van der Waals surface area contributed by atoms with Crippen LogP contribution in [0.2, 0.25) is 0 Å². The number of hydrogen-bond acceptors (Lipinski definition) is 3. The summed E-state index contributed by atoms with van der Waals surface area (Å²) < 4.78 is 38.5. The number of halogens is 3. The Labute approximate surface area is 103 Å². The fourth-order valence-electron chi connectivity index (χ4n) is 1.81. The van der Waals surface area contributed by atoms with Crippen molar-refractivity contribution in [2.75, 3.05) is 24.6 Å². The Morgan fingerprint density at radius 1 is 1.33 bits per heavy atom. The van der Waals surface area contributed by atoms with Crippen molar-refractivity contribution in [1.82, 2.24) is 0 Å². The molecule has 0 aromatic heterocycles. The van der Waals surface area contributed by atoms with E-state index in [9.17, 15) is 18.3 Å². The van der Waals surface area contributed by atoms with Gasteiger partial charge in [0.25, 0.3) is 6.43 Å². The van der Waals surface area contributed by atoms with Gasteiger partial charge in [0.2, 0.25) is 0 Å². The minimum atomic E-state index is -2.61. The topological polar surface area (TPSA) is 43.7 Å². The molecular formula is C12H16F3NO2. The third kappa shape index (κ3) is 3.61. The number of benzene rings is 1. The summed E-state index contributed by atoms with van der Waals surface area (Å²) >= 11 is 0. The zero-order valence-electron chi connectivity index (χ0n) is 9.98. The minimum Gasteiger partial charge on any atom is -0.395 e. The van der Waals surface area contributed by atoms with E-state index >= 15 is 0 Å². The predicted molar refractivity (Wildman–Crippen MR) is 62.3 cm³/mol. The standard InChI is InChI=1S/C12H16F3NO2/c1-8(18)12-9(13)3-2-4-10(12)16(5-6-17)7-11(14)15/h2-4,8,11,17-18H,5-7H2,1H3/t8-/m1/s1. The van der Waals surface area contributed by atoms with E-state index in [0.29, 0.717) is 0 Å². The van der Waals surface area contributed by atoms with Gasteiger partial charge in [-0.3, -0.25) is 0 Å². The van der Waals surface area contributed by atoms with Crippen LogP contribution >= 0.6 is 0 Å². The molecule has 18 heavy (non-hydrogen) atoms. The molecule has 1 aromatic carbocycles. The Morgan fingerprint density at radius 2 is 2.00 bits per heavy atom. The fraction of sp³-hybridized carbons (Fsp3) is 0.500. The van der Waals surface area contributed by atoms with Crippen LogP contribution in [0.1, 0.15) is 18.6 Å². The zero-order valence-corrected chi connectivity index (χ0v) is 9.98. The van der Waals surface area contributed by atoms with Gasteiger partial charge in [-0.2, -0.15) is 0 Å². The van der Waals surface area contributed by atoms with Crippen LogP contribution in [0.5, 0.6) is 0 Å². The maximum absolute atomic E-state index is 13.6. The maximum Gasteiger partial charge on any atom is 0.255 e. The molecule has 6 heteroatoms. The summed E-state index contributed by atoms with van der Waals surface area (Å²) in [7, 11) is 0. The predicted octanol–water partition coefficient (Wildman–Crippen LogP) is 1.94. The Morgan fingerprint density at radius 3 is 2.50 bits per heavy atom. The molecule has 1 rings (SSSR count). The van der Waals surface area contributed by atoms with Crippen molar-refractivity contribution in [3.63, 3.8) is 0 Å². The Balaban J connectivity index is 3.14. The van der Waals surface area contributed by atoms with Gasteiger partial charge >= 0.3 is 0 Å². The maximum atomic E-state index is 13.6. The molecule has 0 spiro atoms. The second-order valence-corrected chi connectivity index (χ2v) is 3.91. The van der Waals surface area contributed by atoms with Crippen LogP contribution in [-0.2, 0) is 0 Å². The van der Waals surface area contributed by atoms with Crippen LogP contribution in [0.4, 0.5) is 18.9 Å². The summed E-state index contributed by atoms with van der Waals surface area (Å²) in [5.41, 5.74) is 0.144. The smallest absolute Gasteiger partial charge is 0.255 e. The molecule has 0 unspecified atom stereocenters. The average Bonchev–Trinajstić information content (AvgIpc) is 2.27. The lowest BCUT2D eigenvalue weighted by Gasteiger charge is -2.27. The van der Waals surface area contributed by atoms with Gasteiger partial charge in [-0.1, -0.05) is 6.07 Å². The first-order valence-corrected chi connectivity index (χ1v) is 5.57. The molecule has 0 radical (unpaired) electrons. The minimum absolute atomic E-state index is 0.0356. The van der Waals surface area contributed by atoms with Gasteiger partial charge in [0.05, 0.1) is 19.3 Å². The number of anilines is 1. The molecule has 0 aliphatic heterocycles. The molecular weight excluding hydrogens is 247 g/mol. The van der Waals surface area contributed by atoms with Crippen LogP contribution in [0.25, 0.3) is 0 Å². The van der Waals surface area contributed by atoms with Gasteiger partial charge in [0.15, 0.2) is 0 Å². The lowest BCUT2D eigenvalue weighted by atomic mass is 10.1. The quantitative estimate of drug-likeness (QED) is 0.824. The van der Waals surface area contributed by atoms with Crippen molar-refractivity contribution >= 4 is 5.69 Å². The van der Waals surface area contributed by atoms with E-state index in [2.05, 4.69) is 0 Å². The summed E-state index contributed by atoms with van der Waals surface area (Å²) in [5, 5.41) is 18.4. The normalized spacial score (nSPS) is 12.8. The van der Waals surface area contributed by atoms with E-state index in [4.69, 9.17) is 5.11 Å². The van der Waals surface area contributed by atoms with E-state index in [1.54, 1.807) is 0 Å². The molecule has 1 aromatic rings. The van der Waals surface area contributed by atoms with Crippen LogP contribution in [-0.4, -0.2) is 36.3 Å². The molecule has 3 nitrogen and oxygen atoms in total. The molecule has 0 heterocycles. The number of alkyl halides is 2.